The van der Waals surface area contributed by atoms with Crippen molar-refractivity contribution in [1.82, 2.24) is 20.3 Å². The summed E-state index contributed by atoms with van der Waals surface area (Å²) in [4.78, 5) is 23.5. The van der Waals surface area contributed by atoms with Gasteiger partial charge in [0.2, 0.25) is 5.95 Å². The number of H-pyrrole nitrogens is 1. The number of pyridine rings is 1. The van der Waals surface area contributed by atoms with Gasteiger partial charge in [-0.3, -0.25) is 4.79 Å². The maximum Gasteiger partial charge on any atom is 0.405 e. The molecule has 0 aromatic carbocycles. The number of aromatic amines is 1. The summed E-state index contributed by atoms with van der Waals surface area (Å²) >= 11 is 6.01. The van der Waals surface area contributed by atoms with Gasteiger partial charge in [-0.2, -0.15) is 17.6 Å². The number of alkyl halides is 3. The average molecular weight is 428 g/mol. The predicted octanol–water partition coefficient (Wildman–Crippen LogP) is 2.78. The second-order valence-electron chi connectivity index (χ2n) is 5.92. The van der Waals surface area contributed by atoms with E-state index in [1.54, 1.807) is 6.92 Å². The molecule has 2 aromatic heterocycles. The largest absolute Gasteiger partial charge is 0.405 e. The third kappa shape index (κ3) is 4.50. The molecule has 2 aromatic rings. The van der Waals surface area contributed by atoms with E-state index in [4.69, 9.17) is 11.6 Å². The second-order valence-corrected chi connectivity index (χ2v) is 6.30. The van der Waals surface area contributed by atoms with Crippen LogP contribution < -0.4 is 15.8 Å². The van der Waals surface area contributed by atoms with Crippen molar-refractivity contribution >= 4 is 29.8 Å². The van der Waals surface area contributed by atoms with E-state index in [1.165, 1.54) is 17.2 Å². The van der Waals surface area contributed by atoms with E-state index >= 15 is 0 Å². The van der Waals surface area contributed by atoms with E-state index in [9.17, 15) is 22.4 Å². The van der Waals surface area contributed by atoms with Gasteiger partial charge in [-0.25, -0.2) is 9.97 Å². The van der Waals surface area contributed by atoms with Crippen molar-refractivity contribution in [3.05, 3.63) is 39.7 Å². The van der Waals surface area contributed by atoms with Gasteiger partial charge < -0.3 is 15.2 Å². The second kappa shape index (κ2) is 7.99. The maximum atomic E-state index is 13.3. The van der Waals surface area contributed by atoms with Crippen LogP contribution in [0.25, 0.3) is 11.4 Å². The first-order valence-electron chi connectivity index (χ1n) is 7.65. The van der Waals surface area contributed by atoms with Crippen molar-refractivity contribution < 1.29 is 17.6 Å². The van der Waals surface area contributed by atoms with Gasteiger partial charge in [-0.05, 0) is 13.0 Å². The molecule has 0 aliphatic carbocycles. The van der Waals surface area contributed by atoms with Crippen molar-refractivity contribution in [2.24, 2.45) is 0 Å². The van der Waals surface area contributed by atoms with Crippen LogP contribution in [0.1, 0.15) is 6.92 Å². The molecule has 6 nitrogen and oxygen atoms in total. The van der Waals surface area contributed by atoms with Gasteiger partial charge >= 0.3 is 6.18 Å². The number of hydrogen-bond donors (Lipinski definition) is 2. The summed E-state index contributed by atoms with van der Waals surface area (Å²) in [5.74, 6) is -0.870. The van der Waals surface area contributed by atoms with Crippen LogP contribution in [0, 0.1) is 5.95 Å². The lowest BCUT2D eigenvalue weighted by molar-refractivity contribution is -0.156. The summed E-state index contributed by atoms with van der Waals surface area (Å²) in [6.45, 7) is 1.27. The van der Waals surface area contributed by atoms with E-state index in [2.05, 4.69) is 20.3 Å². The van der Waals surface area contributed by atoms with Crippen LogP contribution >= 0.6 is 24.0 Å². The molecule has 12 heteroatoms. The van der Waals surface area contributed by atoms with Crippen LogP contribution in [0.5, 0.6) is 0 Å². The van der Waals surface area contributed by atoms with Gasteiger partial charge in [0, 0.05) is 37.0 Å². The Morgan fingerprint density at radius 1 is 1.37 bits per heavy atom. The van der Waals surface area contributed by atoms with Gasteiger partial charge in [0.25, 0.3) is 5.56 Å². The monoisotopic (exact) mass is 427 g/mol. The number of rotatable bonds is 2. The number of halogens is 6. The van der Waals surface area contributed by atoms with E-state index < -0.39 is 30.3 Å². The number of nitrogens with one attached hydrogen (secondary N) is 2. The molecule has 0 amide bonds. The van der Waals surface area contributed by atoms with E-state index in [-0.39, 0.29) is 47.2 Å². The van der Waals surface area contributed by atoms with Crippen LogP contribution in [0.2, 0.25) is 5.02 Å². The van der Waals surface area contributed by atoms with Crippen LogP contribution in [0.15, 0.2) is 23.1 Å². The first kappa shape index (κ1) is 21.4. The highest BCUT2D eigenvalue weighted by molar-refractivity contribution is 6.32. The van der Waals surface area contributed by atoms with Crippen LogP contribution in [0.3, 0.4) is 0 Å². The molecule has 0 radical (unpaired) electrons. The first-order chi connectivity index (χ1) is 12.2. The Morgan fingerprint density at radius 2 is 2.07 bits per heavy atom. The summed E-state index contributed by atoms with van der Waals surface area (Å²) in [5.41, 5.74) is -0.499. The molecule has 0 spiro atoms. The molecule has 27 heavy (non-hydrogen) atoms. The predicted molar refractivity (Wildman–Crippen MR) is 95.0 cm³/mol. The molecule has 1 fully saturated rings. The number of hydrogen-bond acceptors (Lipinski definition) is 5. The molecule has 0 bridgehead atoms. The third-order valence-electron chi connectivity index (χ3n) is 4.08. The minimum Gasteiger partial charge on any atom is -0.349 e. The van der Waals surface area contributed by atoms with Gasteiger partial charge in [-0.1, -0.05) is 11.6 Å². The molecule has 3 heterocycles. The minimum atomic E-state index is -4.46. The summed E-state index contributed by atoms with van der Waals surface area (Å²) < 4.78 is 52.5. The van der Waals surface area contributed by atoms with Crippen molar-refractivity contribution in [1.29, 1.82) is 0 Å². The summed E-state index contributed by atoms with van der Waals surface area (Å²) in [7, 11) is 0. The Hall–Kier alpha value is -1.91. The Bertz CT molecular complexity index is 876. The summed E-state index contributed by atoms with van der Waals surface area (Å²) in [6, 6.07) is 0.300. The summed E-state index contributed by atoms with van der Waals surface area (Å²) in [6.07, 6.45) is -3.27. The lowest BCUT2D eigenvalue weighted by Crippen LogP contribution is -2.61. The fraction of sp³-hybridized carbons (Fsp3) is 0.400. The highest BCUT2D eigenvalue weighted by atomic mass is 35.5. The van der Waals surface area contributed by atoms with Gasteiger partial charge in [0.05, 0.1) is 0 Å². The highest BCUT2D eigenvalue weighted by Gasteiger charge is 2.44. The van der Waals surface area contributed by atoms with Crippen LogP contribution in [-0.4, -0.2) is 46.3 Å². The molecule has 2 unspecified atom stereocenters. The van der Waals surface area contributed by atoms with Crippen molar-refractivity contribution in [3.63, 3.8) is 0 Å². The molecule has 1 aliphatic rings. The van der Waals surface area contributed by atoms with Crippen molar-refractivity contribution in [3.8, 4) is 11.4 Å². The molecule has 148 valence electrons. The number of nitrogens with zero attached hydrogens (tertiary/aromatic N) is 3. The normalized spacial score (nSPS) is 20.3. The Balaban J connectivity index is 0.00000261. The highest BCUT2D eigenvalue weighted by Crippen LogP contribution is 2.30. The Labute approximate surface area is 162 Å². The fourth-order valence-corrected chi connectivity index (χ4v) is 2.90. The van der Waals surface area contributed by atoms with E-state index in [1.807, 2.05) is 0 Å². The molecular weight excluding hydrogens is 413 g/mol. The standard InChI is InChI=1S/C15H14ClF4N5O.ClH/c1-7-5-22-9(15(18,19)20)6-25(7)13-11(16)14(26)24-12(23-13)8-2-3-21-10(17)4-8;/h2-4,7,9,22H,5-6H2,1H3,(H,23,24,26);1H. The van der Waals surface area contributed by atoms with E-state index in [0.717, 1.165) is 6.07 Å². The molecule has 0 saturated carbocycles. The fourth-order valence-electron chi connectivity index (χ4n) is 2.70. The lowest BCUT2D eigenvalue weighted by atomic mass is 10.1. The quantitative estimate of drug-likeness (QED) is 0.569. The minimum absolute atomic E-state index is 0. The molecule has 1 aliphatic heterocycles. The topological polar surface area (TPSA) is 73.9 Å². The zero-order valence-corrected chi connectivity index (χ0v) is 15.4. The molecular formula is C15H15Cl2F4N5O. The number of anilines is 1. The Kier molecular flexibility index (Phi) is 6.33. The Morgan fingerprint density at radius 3 is 2.70 bits per heavy atom. The SMILES string of the molecule is CC1CNC(C(F)(F)F)CN1c1nc(-c2ccnc(F)c2)[nH]c(=O)c1Cl.Cl. The average Bonchev–Trinajstić information content (AvgIpc) is 2.57. The molecule has 3 rings (SSSR count). The number of aromatic nitrogens is 3. The maximum absolute atomic E-state index is 13.3. The van der Waals surface area contributed by atoms with E-state index in [0.29, 0.717) is 0 Å². The smallest absolute Gasteiger partial charge is 0.349 e. The van der Waals surface area contributed by atoms with Crippen molar-refractivity contribution in [2.45, 2.75) is 25.2 Å². The molecule has 2 N–H and O–H groups in total. The molecule has 2 atom stereocenters. The van der Waals surface area contributed by atoms with Crippen LogP contribution in [-0.2, 0) is 0 Å². The van der Waals surface area contributed by atoms with Crippen LogP contribution in [0.4, 0.5) is 23.4 Å². The lowest BCUT2D eigenvalue weighted by Gasteiger charge is -2.40. The summed E-state index contributed by atoms with van der Waals surface area (Å²) in [5, 5.41) is 2.09. The first-order valence-corrected chi connectivity index (χ1v) is 8.03. The molecule has 1 saturated heterocycles. The van der Waals surface area contributed by atoms with Crippen molar-refractivity contribution in [2.75, 3.05) is 18.0 Å². The van der Waals surface area contributed by atoms with Gasteiger partial charge in [-0.15, -0.1) is 12.4 Å². The van der Waals surface area contributed by atoms with Gasteiger partial charge in [0.15, 0.2) is 5.82 Å². The third-order valence-corrected chi connectivity index (χ3v) is 4.42. The zero-order valence-electron chi connectivity index (χ0n) is 13.8. The zero-order chi connectivity index (χ0) is 19.1. The number of piperazine rings is 1. The van der Waals surface area contributed by atoms with Gasteiger partial charge in [0.1, 0.15) is 16.9 Å².